The second-order valence-electron chi connectivity index (χ2n) is 8.22. The molecule has 1 heterocycles. The Balaban J connectivity index is 1.43. The molecule has 38 heavy (non-hydrogen) atoms. The van der Waals surface area contributed by atoms with E-state index in [0.29, 0.717) is 45.3 Å². The molecule has 4 rings (SSSR count). The van der Waals surface area contributed by atoms with Crippen LogP contribution < -0.4 is 24.8 Å². The fourth-order valence-electron chi connectivity index (χ4n) is 3.73. The van der Waals surface area contributed by atoms with Crippen molar-refractivity contribution in [2.45, 2.75) is 13.0 Å². The Morgan fingerprint density at radius 3 is 2.05 bits per heavy atom. The van der Waals surface area contributed by atoms with E-state index in [9.17, 15) is 9.59 Å². The van der Waals surface area contributed by atoms with Gasteiger partial charge in [0.15, 0.2) is 17.3 Å². The van der Waals surface area contributed by atoms with Crippen LogP contribution in [0.2, 0.25) is 0 Å². The molecule has 0 aliphatic heterocycles. The summed E-state index contributed by atoms with van der Waals surface area (Å²) in [4.78, 5) is 29.9. The van der Waals surface area contributed by atoms with Gasteiger partial charge in [0.25, 0.3) is 5.91 Å². The summed E-state index contributed by atoms with van der Waals surface area (Å²) in [6.07, 6.45) is 1.52. The molecular formula is C28H27N5O5. The highest BCUT2D eigenvalue weighted by Gasteiger charge is 2.17. The van der Waals surface area contributed by atoms with Crippen molar-refractivity contribution in [3.05, 3.63) is 95.3 Å². The highest BCUT2D eigenvalue weighted by atomic mass is 16.5. The number of methoxy groups -OCH3 is 3. The fraction of sp³-hybridized carbons (Fsp3) is 0.179. The molecule has 1 aromatic heterocycles. The fourth-order valence-corrected chi connectivity index (χ4v) is 3.73. The topological polar surface area (TPSA) is 125 Å². The molecule has 2 N–H and O–H groups in total. The SMILES string of the molecule is COc1cc(Nc2ncc(C(C)NC(=O)c3cccc(C(=O)c4ccccc4)c3)nn2)cc(OC)c1OC. The third kappa shape index (κ3) is 5.86. The summed E-state index contributed by atoms with van der Waals surface area (Å²) in [5, 5.41) is 14.2. The molecule has 4 aromatic rings. The van der Waals surface area contributed by atoms with E-state index in [0.717, 1.165) is 0 Å². The molecule has 10 nitrogen and oxygen atoms in total. The summed E-state index contributed by atoms with van der Waals surface area (Å²) in [5.41, 5.74) is 2.42. The number of rotatable bonds is 10. The molecule has 0 radical (unpaired) electrons. The average Bonchev–Trinajstić information content (AvgIpc) is 2.97. The van der Waals surface area contributed by atoms with E-state index in [1.807, 2.05) is 6.07 Å². The Kier molecular flexibility index (Phi) is 8.12. The van der Waals surface area contributed by atoms with Gasteiger partial charge in [0, 0.05) is 34.5 Å². The summed E-state index contributed by atoms with van der Waals surface area (Å²) in [6, 6.07) is 18.5. The smallest absolute Gasteiger partial charge is 0.251 e. The molecule has 0 aliphatic carbocycles. The maximum absolute atomic E-state index is 12.9. The first-order valence-corrected chi connectivity index (χ1v) is 11.7. The van der Waals surface area contributed by atoms with Crippen molar-refractivity contribution >= 4 is 23.3 Å². The second kappa shape index (κ2) is 11.8. The number of carbonyl (C=O) groups excluding carboxylic acids is 2. The number of nitrogens with one attached hydrogen (secondary N) is 2. The number of amides is 1. The summed E-state index contributed by atoms with van der Waals surface area (Å²) in [7, 11) is 4.59. The van der Waals surface area contributed by atoms with E-state index in [4.69, 9.17) is 14.2 Å². The highest BCUT2D eigenvalue weighted by Crippen LogP contribution is 2.40. The van der Waals surface area contributed by atoms with Gasteiger partial charge in [0.1, 0.15) is 5.69 Å². The lowest BCUT2D eigenvalue weighted by Gasteiger charge is -2.15. The molecule has 10 heteroatoms. The summed E-state index contributed by atoms with van der Waals surface area (Å²) in [6.45, 7) is 1.77. The van der Waals surface area contributed by atoms with Gasteiger partial charge in [-0.1, -0.05) is 42.5 Å². The molecule has 1 atom stereocenters. The number of nitrogens with zero attached hydrogens (tertiary/aromatic N) is 3. The average molecular weight is 514 g/mol. The zero-order chi connectivity index (χ0) is 27.1. The number of carbonyl (C=O) groups is 2. The maximum atomic E-state index is 12.9. The molecule has 1 unspecified atom stereocenters. The molecule has 0 saturated heterocycles. The van der Waals surface area contributed by atoms with Crippen LogP contribution in [-0.4, -0.2) is 48.2 Å². The van der Waals surface area contributed by atoms with Crippen molar-refractivity contribution < 1.29 is 23.8 Å². The van der Waals surface area contributed by atoms with E-state index in [2.05, 4.69) is 25.8 Å². The maximum Gasteiger partial charge on any atom is 0.251 e. The van der Waals surface area contributed by atoms with Crippen molar-refractivity contribution in [2.24, 2.45) is 0 Å². The van der Waals surface area contributed by atoms with E-state index in [1.165, 1.54) is 27.5 Å². The number of benzene rings is 3. The lowest BCUT2D eigenvalue weighted by molar-refractivity contribution is 0.0939. The van der Waals surface area contributed by atoms with E-state index < -0.39 is 6.04 Å². The lowest BCUT2D eigenvalue weighted by atomic mass is 10.0. The normalized spacial score (nSPS) is 11.3. The van der Waals surface area contributed by atoms with E-state index >= 15 is 0 Å². The van der Waals surface area contributed by atoms with Crippen molar-refractivity contribution in [1.29, 1.82) is 0 Å². The lowest BCUT2D eigenvalue weighted by Crippen LogP contribution is -2.27. The van der Waals surface area contributed by atoms with Crippen LogP contribution in [-0.2, 0) is 0 Å². The van der Waals surface area contributed by atoms with Gasteiger partial charge >= 0.3 is 0 Å². The van der Waals surface area contributed by atoms with E-state index in [1.54, 1.807) is 67.6 Å². The third-order valence-electron chi connectivity index (χ3n) is 5.71. The Morgan fingerprint density at radius 1 is 0.789 bits per heavy atom. The number of ketones is 1. The Labute approximate surface area is 220 Å². The molecule has 0 bridgehead atoms. The van der Waals surface area contributed by atoms with Gasteiger partial charge in [-0.05, 0) is 19.1 Å². The monoisotopic (exact) mass is 513 g/mol. The van der Waals surface area contributed by atoms with Gasteiger partial charge in [-0.3, -0.25) is 9.59 Å². The Morgan fingerprint density at radius 2 is 1.45 bits per heavy atom. The standard InChI is InChI=1S/C28H27N5O5/c1-17(30-27(35)20-12-8-11-19(13-20)25(34)18-9-6-5-7-10-18)22-16-29-28(33-32-22)31-21-14-23(36-2)26(38-4)24(15-21)37-3/h5-17H,1-4H3,(H,30,35)(H,29,31,33). The van der Waals surface area contributed by atoms with Crippen LogP contribution in [0.1, 0.15) is 44.9 Å². The van der Waals surface area contributed by atoms with Gasteiger partial charge in [0.05, 0.1) is 33.6 Å². The van der Waals surface area contributed by atoms with Gasteiger partial charge in [-0.15, -0.1) is 10.2 Å². The van der Waals surface area contributed by atoms with Crippen LogP contribution in [0.3, 0.4) is 0 Å². The zero-order valence-electron chi connectivity index (χ0n) is 21.4. The van der Waals surface area contributed by atoms with Crippen molar-refractivity contribution in [1.82, 2.24) is 20.5 Å². The zero-order valence-corrected chi connectivity index (χ0v) is 21.4. The molecule has 3 aromatic carbocycles. The van der Waals surface area contributed by atoms with Crippen LogP contribution in [0.5, 0.6) is 17.2 Å². The van der Waals surface area contributed by atoms with Crippen LogP contribution in [0.15, 0.2) is 72.9 Å². The van der Waals surface area contributed by atoms with E-state index in [-0.39, 0.29) is 17.6 Å². The summed E-state index contributed by atoms with van der Waals surface area (Å²) >= 11 is 0. The molecule has 0 fully saturated rings. The Bertz CT molecular complexity index is 1400. The molecule has 194 valence electrons. The number of aromatic nitrogens is 3. The van der Waals surface area contributed by atoms with Gasteiger partial charge in [-0.25, -0.2) is 4.98 Å². The van der Waals surface area contributed by atoms with Crippen LogP contribution in [0.4, 0.5) is 11.6 Å². The largest absolute Gasteiger partial charge is 0.493 e. The Hall–Kier alpha value is -4.99. The first kappa shape index (κ1) is 26.1. The quantitative estimate of drug-likeness (QED) is 0.298. The molecule has 0 spiro atoms. The second-order valence-corrected chi connectivity index (χ2v) is 8.22. The molecule has 0 saturated carbocycles. The van der Waals surface area contributed by atoms with Crippen LogP contribution >= 0.6 is 0 Å². The third-order valence-corrected chi connectivity index (χ3v) is 5.71. The van der Waals surface area contributed by atoms with Crippen LogP contribution in [0.25, 0.3) is 0 Å². The van der Waals surface area contributed by atoms with Gasteiger partial charge in [0.2, 0.25) is 11.7 Å². The summed E-state index contributed by atoms with van der Waals surface area (Å²) < 4.78 is 16.1. The number of ether oxygens (including phenoxy) is 3. The van der Waals surface area contributed by atoms with Gasteiger partial charge < -0.3 is 24.8 Å². The van der Waals surface area contributed by atoms with Crippen molar-refractivity contribution in [2.75, 3.05) is 26.6 Å². The predicted octanol–water partition coefficient (Wildman–Crippen LogP) is 4.36. The predicted molar refractivity (Wildman–Crippen MR) is 141 cm³/mol. The van der Waals surface area contributed by atoms with Crippen LogP contribution in [0, 0.1) is 0 Å². The molecular weight excluding hydrogens is 486 g/mol. The number of hydrogen-bond donors (Lipinski definition) is 2. The molecule has 0 aliphatic rings. The minimum Gasteiger partial charge on any atom is -0.493 e. The minimum atomic E-state index is -0.480. The number of hydrogen-bond acceptors (Lipinski definition) is 9. The molecule has 1 amide bonds. The van der Waals surface area contributed by atoms with Gasteiger partial charge in [-0.2, -0.15) is 0 Å². The van der Waals surface area contributed by atoms with Crippen molar-refractivity contribution in [3.63, 3.8) is 0 Å². The highest BCUT2D eigenvalue weighted by molar-refractivity contribution is 6.10. The minimum absolute atomic E-state index is 0.154. The summed E-state index contributed by atoms with van der Waals surface area (Å²) in [5.74, 6) is 1.16. The van der Waals surface area contributed by atoms with Crippen molar-refractivity contribution in [3.8, 4) is 17.2 Å². The number of anilines is 2. The first-order valence-electron chi connectivity index (χ1n) is 11.7. The first-order chi connectivity index (χ1) is 18.4.